The van der Waals surface area contributed by atoms with Gasteiger partial charge in [-0.15, -0.1) is 0 Å². The van der Waals surface area contributed by atoms with Crippen LogP contribution in [0.15, 0.2) is 24.3 Å². The Morgan fingerprint density at radius 3 is 2.50 bits per heavy atom. The molecular formula is C18H28ClN. The van der Waals surface area contributed by atoms with Crippen molar-refractivity contribution in [1.29, 1.82) is 0 Å². The molecule has 2 heteroatoms. The van der Waals surface area contributed by atoms with Crippen molar-refractivity contribution in [2.45, 2.75) is 58.9 Å². The van der Waals surface area contributed by atoms with Gasteiger partial charge in [-0.25, -0.2) is 0 Å². The largest absolute Gasteiger partial charge is 0.314 e. The second-order valence-electron chi connectivity index (χ2n) is 7.39. The highest BCUT2D eigenvalue weighted by molar-refractivity contribution is 6.30. The normalized spacial score (nSPS) is 25.9. The maximum Gasteiger partial charge on any atom is 0.0406 e. The predicted molar refractivity (Wildman–Crippen MR) is 88.5 cm³/mol. The molecule has 1 saturated carbocycles. The Hall–Kier alpha value is -0.530. The first kappa shape index (κ1) is 15.9. The molecule has 1 fully saturated rings. The summed E-state index contributed by atoms with van der Waals surface area (Å²) in [5.41, 5.74) is 1.91. The van der Waals surface area contributed by atoms with Gasteiger partial charge < -0.3 is 5.32 Å². The van der Waals surface area contributed by atoms with Gasteiger partial charge in [0.1, 0.15) is 0 Å². The molecule has 0 aromatic heterocycles. The zero-order chi connectivity index (χ0) is 14.8. The van der Waals surface area contributed by atoms with Crippen LogP contribution in [-0.2, 0) is 0 Å². The van der Waals surface area contributed by atoms with Gasteiger partial charge in [0.15, 0.2) is 0 Å². The zero-order valence-electron chi connectivity index (χ0n) is 13.2. The second kappa shape index (κ2) is 6.49. The van der Waals surface area contributed by atoms with Crippen LogP contribution >= 0.6 is 11.6 Å². The molecule has 2 atom stereocenters. The average Bonchev–Trinajstić information content (AvgIpc) is 2.37. The van der Waals surface area contributed by atoms with Crippen LogP contribution in [0.1, 0.15) is 58.4 Å². The number of halogens is 1. The minimum atomic E-state index is 0.457. The minimum Gasteiger partial charge on any atom is -0.314 e. The van der Waals surface area contributed by atoms with E-state index in [1.54, 1.807) is 0 Å². The van der Waals surface area contributed by atoms with E-state index in [2.05, 4.69) is 45.1 Å². The molecule has 2 unspecified atom stereocenters. The number of hydrogen-bond donors (Lipinski definition) is 1. The van der Waals surface area contributed by atoms with Crippen molar-refractivity contribution in [2.24, 2.45) is 11.3 Å². The molecule has 20 heavy (non-hydrogen) atoms. The Balaban J connectivity index is 2.15. The van der Waals surface area contributed by atoms with Gasteiger partial charge in [-0.05, 0) is 60.8 Å². The fourth-order valence-corrected chi connectivity index (χ4v) is 3.50. The summed E-state index contributed by atoms with van der Waals surface area (Å²) in [5.74, 6) is 1.40. The van der Waals surface area contributed by atoms with Crippen molar-refractivity contribution in [2.75, 3.05) is 6.54 Å². The van der Waals surface area contributed by atoms with Crippen LogP contribution in [0.3, 0.4) is 0 Å². The fourth-order valence-electron chi connectivity index (χ4n) is 3.37. The smallest absolute Gasteiger partial charge is 0.0406 e. The van der Waals surface area contributed by atoms with Gasteiger partial charge in [-0.3, -0.25) is 0 Å². The van der Waals surface area contributed by atoms with Crippen LogP contribution in [0.2, 0.25) is 5.02 Å². The summed E-state index contributed by atoms with van der Waals surface area (Å²) in [6.45, 7) is 10.4. The molecule has 1 aliphatic carbocycles. The molecule has 2 rings (SSSR count). The summed E-state index contributed by atoms with van der Waals surface area (Å²) in [7, 11) is 0. The molecule has 1 aromatic rings. The van der Waals surface area contributed by atoms with Crippen molar-refractivity contribution in [1.82, 2.24) is 5.32 Å². The lowest BCUT2D eigenvalue weighted by atomic mass is 9.65. The summed E-state index contributed by atoms with van der Waals surface area (Å²) >= 11 is 6.03. The van der Waals surface area contributed by atoms with Crippen LogP contribution < -0.4 is 5.32 Å². The molecule has 112 valence electrons. The summed E-state index contributed by atoms with van der Waals surface area (Å²) in [5, 5.41) is 4.46. The third-order valence-electron chi connectivity index (χ3n) is 4.62. The Kier molecular flexibility index (Phi) is 5.14. The molecule has 0 heterocycles. The standard InChI is InChI=1S/C18H28ClN/c1-13(2)20-12-15-9-10-18(3,4)11-17(15)14-5-7-16(19)8-6-14/h5-8,13,15,17,20H,9-12H2,1-4H3. The van der Waals surface area contributed by atoms with E-state index in [-0.39, 0.29) is 0 Å². The third kappa shape index (κ3) is 4.23. The topological polar surface area (TPSA) is 12.0 Å². The fraction of sp³-hybridized carbons (Fsp3) is 0.667. The summed E-state index contributed by atoms with van der Waals surface area (Å²) in [4.78, 5) is 0. The number of rotatable bonds is 4. The highest BCUT2D eigenvalue weighted by atomic mass is 35.5. The molecule has 1 aromatic carbocycles. The molecular weight excluding hydrogens is 266 g/mol. The van der Waals surface area contributed by atoms with E-state index in [1.165, 1.54) is 24.8 Å². The first-order chi connectivity index (χ1) is 9.37. The van der Waals surface area contributed by atoms with E-state index in [0.717, 1.165) is 17.5 Å². The van der Waals surface area contributed by atoms with Gasteiger partial charge in [0.25, 0.3) is 0 Å². The van der Waals surface area contributed by atoms with E-state index < -0.39 is 0 Å². The molecule has 0 radical (unpaired) electrons. The van der Waals surface area contributed by atoms with Gasteiger partial charge in [-0.2, -0.15) is 0 Å². The monoisotopic (exact) mass is 293 g/mol. The molecule has 0 spiro atoms. The van der Waals surface area contributed by atoms with Crippen LogP contribution in [0.5, 0.6) is 0 Å². The summed E-state index contributed by atoms with van der Waals surface area (Å²) in [6, 6.07) is 9.07. The van der Waals surface area contributed by atoms with Crippen LogP contribution in [-0.4, -0.2) is 12.6 Å². The molecule has 0 saturated heterocycles. The van der Waals surface area contributed by atoms with Crippen LogP contribution in [0, 0.1) is 11.3 Å². The molecule has 1 N–H and O–H groups in total. The van der Waals surface area contributed by atoms with Crippen molar-refractivity contribution >= 4 is 11.6 Å². The van der Waals surface area contributed by atoms with Gasteiger partial charge in [0.2, 0.25) is 0 Å². The van der Waals surface area contributed by atoms with Gasteiger partial charge in [-0.1, -0.05) is 51.4 Å². The van der Waals surface area contributed by atoms with E-state index in [9.17, 15) is 0 Å². The maximum atomic E-state index is 6.03. The Labute approximate surface area is 129 Å². The van der Waals surface area contributed by atoms with Gasteiger partial charge in [0, 0.05) is 11.1 Å². The highest BCUT2D eigenvalue weighted by Gasteiger charge is 2.35. The SMILES string of the molecule is CC(C)NCC1CCC(C)(C)CC1c1ccc(Cl)cc1. The quantitative estimate of drug-likeness (QED) is 0.799. The third-order valence-corrected chi connectivity index (χ3v) is 4.87. The summed E-state index contributed by atoms with van der Waals surface area (Å²) in [6.07, 6.45) is 3.93. The second-order valence-corrected chi connectivity index (χ2v) is 7.82. The average molecular weight is 294 g/mol. The Morgan fingerprint density at radius 2 is 1.90 bits per heavy atom. The van der Waals surface area contributed by atoms with Crippen molar-refractivity contribution in [3.8, 4) is 0 Å². The van der Waals surface area contributed by atoms with Crippen molar-refractivity contribution < 1.29 is 0 Å². The van der Waals surface area contributed by atoms with Crippen LogP contribution in [0.4, 0.5) is 0 Å². The number of benzene rings is 1. The van der Waals surface area contributed by atoms with Gasteiger partial charge in [0.05, 0.1) is 0 Å². The lowest BCUT2D eigenvalue weighted by Gasteiger charge is -2.41. The van der Waals surface area contributed by atoms with Gasteiger partial charge >= 0.3 is 0 Å². The highest BCUT2D eigenvalue weighted by Crippen LogP contribution is 2.46. The molecule has 1 nitrogen and oxygen atoms in total. The lowest BCUT2D eigenvalue weighted by Crippen LogP contribution is -2.37. The first-order valence-electron chi connectivity index (χ1n) is 7.86. The van der Waals surface area contributed by atoms with E-state index in [4.69, 9.17) is 11.6 Å². The number of nitrogens with one attached hydrogen (secondary N) is 1. The zero-order valence-corrected chi connectivity index (χ0v) is 14.0. The molecule has 0 bridgehead atoms. The van der Waals surface area contributed by atoms with Crippen molar-refractivity contribution in [3.63, 3.8) is 0 Å². The minimum absolute atomic E-state index is 0.457. The Morgan fingerprint density at radius 1 is 1.25 bits per heavy atom. The number of hydrogen-bond acceptors (Lipinski definition) is 1. The van der Waals surface area contributed by atoms with E-state index in [1.807, 2.05) is 12.1 Å². The molecule has 1 aliphatic rings. The molecule has 0 aliphatic heterocycles. The van der Waals surface area contributed by atoms with Crippen LogP contribution in [0.25, 0.3) is 0 Å². The Bertz CT molecular complexity index is 420. The maximum absolute atomic E-state index is 6.03. The lowest BCUT2D eigenvalue weighted by molar-refractivity contribution is 0.158. The van der Waals surface area contributed by atoms with E-state index >= 15 is 0 Å². The predicted octanol–water partition coefficient (Wildman–Crippen LogP) is 5.25. The van der Waals surface area contributed by atoms with Crippen molar-refractivity contribution in [3.05, 3.63) is 34.9 Å². The van der Waals surface area contributed by atoms with E-state index in [0.29, 0.717) is 17.4 Å². The molecule has 0 amide bonds. The summed E-state index contributed by atoms with van der Waals surface area (Å²) < 4.78 is 0. The first-order valence-corrected chi connectivity index (χ1v) is 8.24.